The fraction of sp³-hybridized carbons (Fsp3) is 0.625. The average molecular weight is 312 g/mol. The summed E-state index contributed by atoms with van der Waals surface area (Å²) in [5.41, 5.74) is 6.71. The largest absolute Gasteiger partial charge is 0.368 e. The predicted octanol–water partition coefficient (Wildman–Crippen LogP) is 1.41. The van der Waals surface area contributed by atoms with Crippen molar-refractivity contribution in [2.75, 3.05) is 5.73 Å². The van der Waals surface area contributed by atoms with E-state index in [9.17, 15) is 4.79 Å². The molecular formula is C16H20N6O. The number of nitrogens with zero attached hydrogens (tertiary/aromatic N) is 4. The minimum absolute atomic E-state index is 0.0152. The third-order valence-corrected chi connectivity index (χ3v) is 5.99. The van der Waals surface area contributed by atoms with Gasteiger partial charge in [-0.25, -0.2) is 9.97 Å². The molecular weight excluding hydrogens is 292 g/mol. The number of nitrogens with two attached hydrogens (primary N) is 1. The van der Waals surface area contributed by atoms with Crippen LogP contribution in [0.3, 0.4) is 0 Å². The van der Waals surface area contributed by atoms with Gasteiger partial charge in [0, 0.05) is 5.54 Å². The van der Waals surface area contributed by atoms with Crippen molar-refractivity contribution in [3.63, 3.8) is 0 Å². The molecule has 4 aliphatic rings. The van der Waals surface area contributed by atoms with Gasteiger partial charge < -0.3 is 11.1 Å². The van der Waals surface area contributed by atoms with Crippen LogP contribution in [-0.2, 0) is 0 Å². The first kappa shape index (κ1) is 13.3. The first-order valence-electron chi connectivity index (χ1n) is 8.39. The summed E-state index contributed by atoms with van der Waals surface area (Å²) in [5, 5.41) is 7.48. The maximum atomic E-state index is 12.8. The third kappa shape index (κ3) is 1.95. The number of carbonyl (C=O) groups excluding carboxylic acids is 1. The third-order valence-electron chi connectivity index (χ3n) is 5.99. The van der Waals surface area contributed by atoms with Crippen molar-refractivity contribution in [1.29, 1.82) is 0 Å². The van der Waals surface area contributed by atoms with Crippen LogP contribution >= 0.6 is 0 Å². The second kappa shape index (κ2) is 4.43. The Bertz CT molecular complexity index is 762. The molecule has 4 fully saturated rings. The van der Waals surface area contributed by atoms with Gasteiger partial charge in [-0.2, -0.15) is 9.61 Å². The number of carbonyl (C=O) groups is 1. The van der Waals surface area contributed by atoms with Gasteiger partial charge in [-0.1, -0.05) is 0 Å². The fourth-order valence-corrected chi connectivity index (χ4v) is 5.56. The molecule has 1 amide bonds. The molecule has 0 aromatic carbocycles. The summed E-state index contributed by atoms with van der Waals surface area (Å²) in [6.07, 6.45) is 10.4. The van der Waals surface area contributed by atoms with Gasteiger partial charge in [0.15, 0.2) is 5.65 Å². The van der Waals surface area contributed by atoms with Gasteiger partial charge in [0.1, 0.15) is 11.9 Å². The quantitative estimate of drug-likeness (QED) is 0.873. The number of nitrogen functional groups attached to an aromatic ring is 1. The van der Waals surface area contributed by atoms with Crippen LogP contribution in [0, 0.1) is 17.8 Å². The van der Waals surface area contributed by atoms with Crippen molar-refractivity contribution in [2.24, 2.45) is 17.8 Å². The maximum Gasteiger partial charge on any atom is 0.257 e. The molecule has 0 aliphatic heterocycles. The van der Waals surface area contributed by atoms with Gasteiger partial charge in [-0.15, -0.1) is 0 Å². The Hall–Kier alpha value is -2.18. The van der Waals surface area contributed by atoms with Crippen LogP contribution in [0.1, 0.15) is 48.9 Å². The van der Waals surface area contributed by atoms with Crippen LogP contribution < -0.4 is 11.1 Å². The first-order chi connectivity index (χ1) is 11.1. The number of anilines is 1. The molecule has 0 unspecified atom stereocenters. The minimum Gasteiger partial charge on any atom is -0.368 e. The van der Waals surface area contributed by atoms with E-state index in [0.717, 1.165) is 37.0 Å². The molecule has 0 radical (unpaired) electrons. The summed E-state index contributed by atoms with van der Waals surface area (Å²) < 4.78 is 1.41. The van der Waals surface area contributed by atoms with Crippen molar-refractivity contribution in [2.45, 2.75) is 44.1 Å². The molecule has 120 valence electrons. The van der Waals surface area contributed by atoms with Crippen LogP contribution in [-0.4, -0.2) is 31.0 Å². The Balaban J connectivity index is 1.46. The summed E-state index contributed by atoms with van der Waals surface area (Å²) in [4.78, 5) is 20.9. The van der Waals surface area contributed by atoms with E-state index in [2.05, 4.69) is 20.4 Å². The highest BCUT2D eigenvalue weighted by Crippen LogP contribution is 2.55. The van der Waals surface area contributed by atoms with E-state index in [1.807, 2.05) is 0 Å². The van der Waals surface area contributed by atoms with Crippen LogP contribution in [0.15, 0.2) is 12.5 Å². The fourth-order valence-electron chi connectivity index (χ4n) is 5.56. The summed E-state index contributed by atoms with van der Waals surface area (Å²) in [6.45, 7) is 0. The van der Waals surface area contributed by atoms with E-state index in [1.54, 1.807) is 0 Å². The predicted molar refractivity (Wildman–Crippen MR) is 83.6 cm³/mol. The summed E-state index contributed by atoms with van der Waals surface area (Å²) in [7, 11) is 0. The van der Waals surface area contributed by atoms with E-state index in [-0.39, 0.29) is 17.4 Å². The molecule has 4 bridgehead atoms. The molecule has 0 saturated heterocycles. The van der Waals surface area contributed by atoms with Crippen LogP contribution in [0.25, 0.3) is 5.65 Å². The van der Waals surface area contributed by atoms with E-state index in [1.165, 1.54) is 36.3 Å². The smallest absolute Gasteiger partial charge is 0.257 e. The molecule has 0 spiro atoms. The van der Waals surface area contributed by atoms with Crippen LogP contribution in [0.2, 0.25) is 0 Å². The molecule has 2 aromatic rings. The normalized spacial score (nSPS) is 34.9. The average Bonchev–Trinajstić information content (AvgIpc) is 2.90. The number of hydrogen-bond donors (Lipinski definition) is 2. The Morgan fingerprint density at radius 2 is 1.83 bits per heavy atom. The highest BCUT2D eigenvalue weighted by molar-refractivity contribution is 6.00. The standard InChI is InChI=1S/C16H20N6O/c17-15-19-8-18-13-12(7-20-22(13)15)14(23)21-16-4-9-1-10(5-16)3-11(2-9)6-16/h7-11H,1-6H2,(H,21,23)(H2,17,18,19). The summed E-state index contributed by atoms with van der Waals surface area (Å²) >= 11 is 0. The minimum atomic E-state index is -0.0833. The van der Waals surface area contributed by atoms with Crippen molar-refractivity contribution in [1.82, 2.24) is 24.9 Å². The highest BCUT2D eigenvalue weighted by atomic mass is 16.1. The Morgan fingerprint density at radius 1 is 1.17 bits per heavy atom. The van der Waals surface area contributed by atoms with Crippen molar-refractivity contribution < 1.29 is 4.79 Å². The molecule has 4 aliphatic carbocycles. The second-order valence-corrected chi connectivity index (χ2v) is 7.68. The van der Waals surface area contributed by atoms with E-state index >= 15 is 0 Å². The van der Waals surface area contributed by atoms with Crippen molar-refractivity contribution >= 4 is 17.5 Å². The topological polar surface area (TPSA) is 98.2 Å². The molecule has 6 rings (SSSR count). The van der Waals surface area contributed by atoms with Crippen LogP contribution in [0.4, 0.5) is 5.95 Å². The van der Waals surface area contributed by atoms with Gasteiger partial charge in [0.05, 0.1) is 6.20 Å². The molecule has 7 nitrogen and oxygen atoms in total. The number of nitrogens with one attached hydrogen (secondary N) is 1. The van der Waals surface area contributed by atoms with Gasteiger partial charge in [0.25, 0.3) is 5.91 Å². The summed E-state index contributed by atoms with van der Waals surface area (Å²) in [5.74, 6) is 2.54. The lowest BCUT2D eigenvalue weighted by Crippen LogP contribution is -2.59. The molecule has 7 heteroatoms. The van der Waals surface area contributed by atoms with Crippen molar-refractivity contribution in [3.05, 3.63) is 18.1 Å². The number of hydrogen-bond acceptors (Lipinski definition) is 5. The van der Waals surface area contributed by atoms with Crippen LogP contribution in [0.5, 0.6) is 0 Å². The zero-order valence-corrected chi connectivity index (χ0v) is 12.9. The zero-order valence-electron chi connectivity index (χ0n) is 12.9. The number of amides is 1. The number of fused-ring (bicyclic) bond motifs is 1. The maximum absolute atomic E-state index is 12.8. The second-order valence-electron chi connectivity index (χ2n) is 7.68. The Morgan fingerprint density at radius 3 is 2.48 bits per heavy atom. The lowest BCUT2D eigenvalue weighted by molar-refractivity contribution is -0.0166. The SMILES string of the molecule is Nc1ncnc2c(C(=O)NC34CC5CC(CC(C5)C3)C4)cnn12. The molecule has 23 heavy (non-hydrogen) atoms. The lowest BCUT2D eigenvalue weighted by Gasteiger charge is -2.56. The Kier molecular flexibility index (Phi) is 2.56. The molecule has 2 aromatic heterocycles. The van der Waals surface area contributed by atoms with Gasteiger partial charge in [-0.05, 0) is 56.3 Å². The number of rotatable bonds is 2. The van der Waals surface area contributed by atoms with Gasteiger partial charge >= 0.3 is 0 Å². The molecule has 0 atom stereocenters. The first-order valence-corrected chi connectivity index (χ1v) is 8.39. The van der Waals surface area contributed by atoms with Crippen molar-refractivity contribution in [3.8, 4) is 0 Å². The van der Waals surface area contributed by atoms with E-state index in [0.29, 0.717) is 11.2 Å². The van der Waals surface area contributed by atoms with Gasteiger partial charge in [0.2, 0.25) is 5.95 Å². The lowest BCUT2D eigenvalue weighted by atomic mass is 9.53. The number of aromatic nitrogens is 4. The Labute approximate surface area is 133 Å². The van der Waals surface area contributed by atoms with E-state index in [4.69, 9.17) is 5.73 Å². The van der Waals surface area contributed by atoms with Gasteiger partial charge in [-0.3, -0.25) is 4.79 Å². The molecule has 3 N–H and O–H groups in total. The van der Waals surface area contributed by atoms with E-state index < -0.39 is 0 Å². The monoisotopic (exact) mass is 312 g/mol. The molecule has 4 saturated carbocycles. The summed E-state index contributed by atoms with van der Waals surface area (Å²) in [6, 6.07) is 0. The molecule has 2 heterocycles. The highest BCUT2D eigenvalue weighted by Gasteiger charge is 2.51. The zero-order chi connectivity index (χ0) is 15.6.